The van der Waals surface area contributed by atoms with Crippen LogP contribution in [0.3, 0.4) is 0 Å². The van der Waals surface area contributed by atoms with Crippen LogP contribution < -0.4 is 10.6 Å². The maximum Gasteiger partial charge on any atom is 0.268 e. The molecule has 0 unspecified atom stereocenters. The lowest BCUT2D eigenvalue weighted by Crippen LogP contribution is -2.30. The summed E-state index contributed by atoms with van der Waals surface area (Å²) < 4.78 is 26.9. The van der Waals surface area contributed by atoms with E-state index in [2.05, 4.69) is 10.6 Å². The highest BCUT2D eigenvalue weighted by atomic mass is 35.5. The molecule has 3 N–H and O–H groups in total. The highest BCUT2D eigenvalue weighted by Crippen LogP contribution is 2.27. The van der Waals surface area contributed by atoms with Crippen LogP contribution in [-0.2, 0) is 14.8 Å². The molecule has 0 radical (unpaired) electrons. The third kappa shape index (κ3) is 4.48. The Morgan fingerprint density at radius 3 is 2.48 bits per heavy atom. The molecule has 144 valence electrons. The maximum absolute atomic E-state index is 12.9. The maximum atomic E-state index is 12.9. The van der Waals surface area contributed by atoms with Gasteiger partial charge >= 0.3 is 0 Å². The topological polar surface area (TPSA) is 100 Å². The molecule has 2 aromatic carbocycles. The van der Waals surface area contributed by atoms with Crippen molar-refractivity contribution in [3.8, 4) is 0 Å². The molecule has 1 heterocycles. The van der Waals surface area contributed by atoms with Crippen LogP contribution in [-0.4, -0.2) is 43.1 Å². The molecule has 0 aliphatic heterocycles. The molecule has 7 nitrogen and oxygen atoms in total. The van der Waals surface area contributed by atoms with Gasteiger partial charge in [-0.25, -0.2) is 12.4 Å². The van der Waals surface area contributed by atoms with Gasteiger partial charge in [-0.15, -0.1) is 12.4 Å². The minimum atomic E-state index is -3.72. The molecule has 3 aromatic rings. The van der Waals surface area contributed by atoms with E-state index in [0.29, 0.717) is 23.1 Å². The number of anilines is 1. The molecule has 0 bridgehead atoms. The Hall–Kier alpha value is -2.39. The Balaban J connectivity index is 0.00000261. The standard InChI is InChI=1S/C18H19N3O4S.ClH/c22-12-10-19-13-18(23)20-16-7-4-8-17-15(16)9-11-21(17)26(24,25)14-5-2-1-3-6-14;/h1-9,11,19,22H,10,12-13H2,(H,20,23);1H. The number of rotatable bonds is 7. The van der Waals surface area contributed by atoms with E-state index in [9.17, 15) is 13.2 Å². The number of hydrogen-bond donors (Lipinski definition) is 3. The van der Waals surface area contributed by atoms with Crippen molar-refractivity contribution in [3.05, 3.63) is 60.8 Å². The Labute approximate surface area is 163 Å². The van der Waals surface area contributed by atoms with Crippen LogP contribution in [0.15, 0.2) is 65.7 Å². The fourth-order valence-electron chi connectivity index (χ4n) is 2.64. The zero-order valence-electron chi connectivity index (χ0n) is 14.3. The van der Waals surface area contributed by atoms with Crippen molar-refractivity contribution >= 4 is 44.9 Å². The average molecular weight is 410 g/mol. The van der Waals surface area contributed by atoms with Gasteiger partial charge in [-0.3, -0.25) is 4.79 Å². The second-order valence-electron chi connectivity index (χ2n) is 5.62. The molecule has 1 amide bonds. The first-order valence-electron chi connectivity index (χ1n) is 8.06. The molecule has 0 fully saturated rings. The van der Waals surface area contributed by atoms with Gasteiger partial charge in [0.1, 0.15) is 0 Å². The van der Waals surface area contributed by atoms with Gasteiger partial charge in [-0.05, 0) is 30.3 Å². The van der Waals surface area contributed by atoms with Crippen molar-refractivity contribution in [2.24, 2.45) is 0 Å². The Bertz CT molecular complexity index is 1020. The summed E-state index contributed by atoms with van der Waals surface area (Å²) in [6, 6.07) is 14.9. The number of benzene rings is 2. The van der Waals surface area contributed by atoms with E-state index < -0.39 is 10.0 Å². The number of aliphatic hydroxyl groups excluding tert-OH is 1. The first-order valence-corrected chi connectivity index (χ1v) is 9.50. The van der Waals surface area contributed by atoms with Crippen LogP contribution in [0.1, 0.15) is 0 Å². The van der Waals surface area contributed by atoms with Gasteiger partial charge in [0.2, 0.25) is 5.91 Å². The van der Waals surface area contributed by atoms with E-state index in [0.717, 1.165) is 0 Å². The number of amides is 1. The SMILES string of the molecule is Cl.O=C(CNCCO)Nc1cccc2c1ccn2S(=O)(=O)c1ccccc1. The largest absolute Gasteiger partial charge is 0.395 e. The third-order valence-corrected chi connectivity index (χ3v) is 5.55. The van der Waals surface area contributed by atoms with E-state index in [4.69, 9.17) is 5.11 Å². The fraction of sp³-hybridized carbons (Fsp3) is 0.167. The lowest BCUT2D eigenvalue weighted by molar-refractivity contribution is -0.115. The molecule has 9 heteroatoms. The van der Waals surface area contributed by atoms with Crippen molar-refractivity contribution in [1.29, 1.82) is 0 Å². The zero-order valence-corrected chi connectivity index (χ0v) is 16.0. The van der Waals surface area contributed by atoms with Crippen LogP contribution >= 0.6 is 12.4 Å². The predicted octanol–water partition coefficient (Wildman–Crippen LogP) is 1.82. The summed E-state index contributed by atoms with van der Waals surface area (Å²) in [4.78, 5) is 12.2. The Kier molecular flexibility index (Phi) is 6.98. The summed E-state index contributed by atoms with van der Waals surface area (Å²) in [7, 11) is -3.72. The zero-order chi connectivity index (χ0) is 18.6. The highest BCUT2D eigenvalue weighted by Gasteiger charge is 2.19. The third-order valence-electron chi connectivity index (χ3n) is 3.85. The molecule has 0 spiro atoms. The number of aliphatic hydroxyl groups is 1. The number of halogens is 1. The van der Waals surface area contributed by atoms with Crippen LogP contribution in [0.2, 0.25) is 0 Å². The number of aromatic nitrogens is 1. The molecular weight excluding hydrogens is 390 g/mol. The minimum absolute atomic E-state index is 0. The smallest absolute Gasteiger partial charge is 0.268 e. The summed E-state index contributed by atoms with van der Waals surface area (Å²) in [5, 5.41) is 14.9. The van der Waals surface area contributed by atoms with Crippen molar-refractivity contribution in [2.45, 2.75) is 4.90 Å². The lowest BCUT2D eigenvalue weighted by atomic mass is 10.2. The van der Waals surface area contributed by atoms with Gasteiger partial charge in [0.15, 0.2) is 0 Å². The van der Waals surface area contributed by atoms with Gasteiger partial charge in [-0.1, -0.05) is 24.3 Å². The first kappa shape index (κ1) is 20.9. The molecule has 0 aliphatic carbocycles. The Morgan fingerprint density at radius 2 is 1.78 bits per heavy atom. The molecule has 27 heavy (non-hydrogen) atoms. The van der Waals surface area contributed by atoms with Crippen LogP contribution in [0.4, 0.5) is 5.69 Å². The summed E-state index contributed by atoms with van der Waals surface area (Å²) in [6.45, 7) is 0.326. The van der Waals surface area contributed by atoms with Gasteiger partial charge < -0.3 is 15.7 Å². The lowest BCUT2D eigenvalue weighted by Gasteiger charge is -2.10. The molecule has 0 atom stereocenters. The summed E-state index contributed by atoms with van der Waals surface area (Å²) in [5.74, 6) is -0.274. The number of nitrogens with one attached hydrogen (secondary N) is 2. The monoisotopic (exact) mass is 409 g/mol. The minimum Gasteiger partial charge on any atom is -0.395 e. The quantitative estimate of drug-likeness (QED) is 0.517. The number of nitrogens with zero attached hydrogens (tertiary/aromatic N) is 1. The Morgan fingerprint density at radius 1 is 1.04 bits per heavy atom. The van der Waals surface area contributed by atoms with Gasteiger partial charge in [-0.2, -0.15) is 0 Å². The molecule has 0 aliphatic rings. The summed E-state index contributed by atoms with van der Waals surface area (Å²) in [5.41, 5.74) is 1.01. The van der Waals surface area contributed by atoms with E-state index in [1.54, 1.807) is 54.6 Å². The fourth-order valence-corrected chi connectivity index (χ4v) is 4.01. The van der Waals surface area contributed by atoms with E-state index >= 15 is 0 Å². The summed E-state index contributed by atoms with van der Waals surface area (Å²) >= 11 is 0. The van der Waals surface area contributed by atoms with Gasteiger partial charge in [0.05, 0.1) is 29.3 Å². The van der Waals surface area contributed by atoms with E-state index in [-0.39, 0.29) is 36.4 Å². The second-order valence-corrected chi connectivity index (χ2v) is 7.43. The number of carbonyl (C=O) groups is 1. The van der Waals surface area contributed by atoms with Crippen molar-refractivity contribution in [3.63, 3.8) is 0 Å². The van der Waals surface area contributed by atoms with Crippen molar-refractivity contribution in [1.82, 2.24) is 9.29 Å². The van der Waals surface area contributed by atoms with E-state index in [1.807, 2.05) is 0 Å². The average Bonchev–Trinajstić information content (AvgIpc) is 3.09. The number of carbonyl (C=O) groups excluding carboxylic acids is 1. The molecule has 0 saturated carbocycles. The first-order chi connectivity index (χ1) is 12.5. The van der Waals surface area contributed by atoms with Crippen LogP contribution in [0, 0.1) is 0 Å². The predicted molar refractivity (Wildman–Crippen MR) is 107 cm³/mol. The summed E-state index contributed by atoms with van der Waals surface area (Å²) in [6.07, 6.45) is 1.48. The van der Waals surface area contributed by atoms with Crippen molar-refractivity contribution in [2.75, 3.05) is 25.0 Å². The highest BCUT2D eigenvalue weighted by molar-refractivity contribution is 7.90. The molecule has 3 rings (SSSR count). The van der Waals surface area contributed by atoms with Crippen molar-refractivity contribution < 1.29 is 18.3 Å². The number of hydrogen-bond acceptors (Lipinski definition) is 5. The van der Waals surface area contributed by atoms with Crippen LogP contribution in [0.5, 0.6) is 0 Å². The molecule has 1 aromatic heterocycles. The number of fused-ring (bicyclic) bond motifs is 1. The van der Waals surface area contributed by atoms with Gasteiger partial charge in [0, 0.05) is 18.1 Å². The van der Waals surface area contributed by atoms with Crippen LogP contribution in [0.25, 0.3) is 10.9 Å². The van der Waals surface area contributed by atoms with Gasteiger partial charge in [0.25, 0.3) is 10.0 Å². The normalized spacial score (nSPS) is 11.1. The van der Waals surface area contributed by atoms with E-state index in [1.165, 1.54) is 10.2 Å². The molecule has 0 saturated heterocycles. The second kappa shape index (κ2) is 9.01. The molecular formula is C18H20ClN3O4S.